The van der Waals surface area contributed by atoms with Crippen LogP contribution in [0.15, 0.2) is 30.3 Å². The Bertz CT molecular complexity index is 226. The molecule has 0 aliphatic rings. The van der Waals surface area contributed by atoms with Gasteiger partial charge in [-0.05, 0) is 12.1 Å². The van der Waals surface area contributed by atoms with Crippen LogP contribution in [-0.2, 0) is 4.79 Å². The Labute approximate surface area is 93.8 Å². The van der Waals surface area contributed by atoms with Crippen LogP contribution in [0, 0.1) is 0 Å². The van der Waals surface area contributed by atoms with E-state index in [0.29, 0.717) is 0 Å². The molecule has 2 N–H and O–H groups in total. The topological polar surface area (TPSA) is 59.1 Å². The Kier molecular flexibility index (Phi) is 8.64. The molecule has 12 heavy (non-hydrogen) atoms. The smallest absolute Gasteiger partial charge is 0.870 e. The van der Waals surface area contributed by atoms with Gasteiger partial charge in [0.1, 0.15) is 0 Å². The fraction of sp³-hybridized carbons (Fsp3) is 0.125. The summed E-state index contributed by atoms with van der Waals surface area (Å²) in [5.74, 6) is -0.0359. The normalized spacial score (nSPS) is 7.42. The van der Waals surface area contributed by atoms with Gasteiger partial charge in [-0.15, -0.1) is 0 Å². The fourth-order valence-corrected chi connectivity index (χ4v) is 0.725. The van der Waals surface area contributed by atoms with E-state index in [2.05, 4.69) is 5.32 Å². The molecule has 0 fully saturated rings. The standard InChI is InChI=1S/C8H9NO.Na.H2O/c1-7(10)9-8-5-3-2-4-6-8;;/h2-6H,1H3,(H,9,10);;1H2/q;+1;/p-1. The number of carbonyl (C=O) groups is 1. The minimum Gasteiger partial charge on any atom is -0.870 e. The molecular formula is C8H10NNaO2. The van der Waals surface area contributed by atoms with Crippen molar-refractivity contribution in [3.63, 3.8) is 0 Å². The van der Waals surface area contributed by atoms with Crippen molar-refractivity contribution in [2.75, 3.05) is 5.32 Å². The second kappa shape index (κ2) is 7.31. The maximum Gasteiger partial charge on any atom is 1.00 e. The number of anilines is 1. The van der Waals surface area contributed by atoms with Crippen molar-refractivity contribution >= 4 is 11.6 Å². The Hall–Kier alpha value is -0.350. The van der Waals surface area contributed by atoms with Crippen LogP contribution in [0.5, 0.6) is 0 Å². The van der Waals surface area contributed by atoms with Crippen LogP contribution in [-0.4, -0.2) is 11.4 Å². The molecule has 1 aromatic rings. The fourth-order valence-electron chi connectivity index (χ4n) is 0.725. The van der Waals surface area contributed by atoms with Crippen LogP contribution in [0.4, 0.5) is 5.69 Å². The summed E-state index contributed by atoms with van der Waals surface area (Å²) >= 11 is 0. The predicted molar refractivity (Wildman–Crippen MR) is 42.7 cm³/mol. The van der Waals surface area contributed by atoms with Gasteiger partial charge in [0.15, 0.2) is 0 Å². The van der Waals surface area contributed by atoms with Gasteiger partial charge >= 0.3 is 29.6 Å². The van der Waals surface area contributed by atoms with E-state index in [4.69, 9.17) is 0 Å². The Morgan fingerprint density at radius 1 is 1.25 bits per heavy atom. The third kappa shape index (κ3) is 5.32. The van der Waals surface area contributed by atoms with Gasteiger partial charge < -0.3 is 10.8 Å². The summed E-state index contributed by atoms with van der Waals surface area (Å²) in [5, 5.41) is 2.67. The zero-order valence-electron chi connectivity index (χ0n) is 7.24. The van der Waals surface area contributed by atoms with Gasteiger partial charge in [-0.2, -0.15) is 0 Å². The Morgan fingerprint density at radius 2 is 1.75 bits per heavy atom. The summed E-state index contributed by atoms with van der Waals surface area (Å²) in [7, 11) is 0. The zero-order chi connectivity index (χ0) is 7.40. The second-order valence-electron chi connectivity index (χ2n) is 2.05. The third-order valence-corrected chi connectivity index (χ3v) is 1.09. The summed E-state index contributed by atoms with van der Waals surface area (Å²) in [6.45, 7) is 1.49. The van der Waals surface area contributed by atoms with E-state index in [1.54, 1.807) is 0 Å². The van der Waals surface area contributed by atoms with Crippen LogP contribution < -0.4 is 34.9 Å². The van der Waals surface area contributed by atoms with E-state index in [-0.39, 0.29) is 40.9 Å². The number of amides is 1. The molecule has 0 saturated carbocycles. The Morgan fingerprint density at radius 3 is 2.17 bits per heavy atom. The van der Waals surface area contributed by atoms with E-state index < -0.39 is 0 Å². The van der Waals surface area contributed by atoms with E-state index in [9.17, 15) is 4.79 Å². The predicted octanol–water partition coefficient (Wildman–Crippen LogP) is -1.53. The second-order valence-corrected chi connectivity index (χ2v) is 2.05. The molecule has 3 nitrogen and oxygen atoms in total. The number of carbonyl (C=O) groups excluding carboxylic acids is 1. The van der Waals surface area contributed by atoms with E-state index in [1.807, 2.05) is 30.3 Å². The molecule has 0 saturated heterocycles. The number of para-hydroxylation sites is 1. The van der Waals surface area contributed by atoms with Gasteiger partial charge in [0, 0.05) is 12.6 Å². The summed E-state index contributed by atoms with van der Waals surface area (Å²) in [6.07, 6.45) is 0. The molecular weight excluding hydrogens is 165 g/mol. The number of hydrogen-bond acceptors (Lipinski definition) is 2. The molecule has 0 aromatic heterocycles. The van der Waals surface area contributed by atoms with Crippen LogP contribution in [0.1, 0.15) is 6.92 Å². The summed E-state index contributed by atoms with van der Waals surface area (Å²) in [5.41, 5.74) is 0.843. The molecule has 1 rings (SSSR count). The van der Waals surface area contributed by atoms with Gasteiger partial charge in [0.05, 0.1) is 0 Å². The maximum absolute atomic E-state index is 10.5. The number of hydrogen-bond donors (Lipinski definition) is 1. The van der Waals surface area contributed by atoms with E-state index in [0.717, 1.165) is 5.69 Å². The molecule has 0 aliphatic carbocycles. The van der Waals surface area contributed by atoms with Gasteiger partial charge in [-0.3, -0.25) is 4.79 Å². The SMILES string of the molecule is CC(=O)Nc1ccccc1.[Na+].[OH-]. The first kappa shape index (κ1) is 14.2. The summed E-state index contributed by atoms with van der Waals surface area (Å²) < 4.78 is 0. The third-order valence-electron chi connectivity index (χ3n) is 1.09. The first-order valence-electron chi connectivity index (χ1n) is 3.11. The Balaban J connectivity index is 0. The number of nitrogens with one attached hydrogen (secondary N) is 1. The molecule has 0 bridgehead atoms. The van der Waals surface area contributed by atoms with Crippen molar-refractivity contribution in [3.8, 4) is 0 Å². The molecule has 0 unspecified atom stereocenters. The van der Waals surface area contributed by atoms with Crippen LogP contribution in [0.25, 0.3) is 0 Å². The molecule has 0 atom stereocenters. The molecule has 0 spiro atoms. The first-order valence-corrected chi connectivity index (χ1v) is 3.11. The van der Waals surface area contributed by atoms with Crippen molar-refractivity contribution in [3.05, 3.63) is 30.3 Å². The van der Waals surface area contributed by atoms with Crippen molar-refractivity contribution in [2.24, 2.45) is 0 Å². The summed E-state index contributed by atoms with van der Waals surface area (Å²) in [6, 6.07) is 9.37. The summed E-state index contributed by atoms with van der Waals surface area (Å²) in [4.78, 5) is 10.5. The first-order chi connectivity index (χ1) is 4.79. The number of benzene rings is 1. The van der Waals surface area contributed by atoms with Crippen LogP contribution in [0.3, 0.4) is 0 Å². The minimum absolute atomic E-state index is 0. The largest absolute Gasteiger partial charge is 1.00 e. The molecule has 1 aromatic carbocycles. The van der Waals surface area contributed by atoms with Crippen molar-refractivity contribution < 1.29 is 39.8 Å². The molecule has 60 valence electrons. The zero-order valence-corrected chi connectivity index (χ0v) is 9.24. The molecule has 4 heteroatoms. The molecule has 0 aliphatic heterocycles. The van der Waals surface area contributed by atoms with Crippen LogP contribution >= 0.6 is 0 Å². The van der Waals surface area contributed by atoms with Crippen LogP contribution in [0.2, 0.25) is 0 Å². The molecule has 0 radical (unpaired) electrons. The average Bonchev–Trinajstić information content (AvgIpc) is 1.88. The van der Waals surface area contributed by atoms with Gasteiger partial charge in [-0.1, -0.05) is 18.2 Å². The maximum atomic E-state index is 10.5. The van der Waals surface area contributed by atoms with Crippen molar-refractivity contribution in [1.29, 1.82) is 0 Å². The van der Waals surface area contributed by atoms with Crippen molar-refractivity contribution in [1.82, 2.24) is 0 Å². The minimum atomic E-state index is -0.0359. The van der Waals surface area contributed by atoms with Crippen molar-refractivity contribution in [2.45, 2.75) is 6.92 Å². The van der Waals surface area contributed by atoms with Gasteiger partial charge in [-0.25, -0.2) is 0 Å². The van der Waals surface area contributed by atoms with Gasteiger partial charge in [0.25, 0.3) is 0 Å². The van der Waals surface area contributed by atoms with E-state index >= 15 is 0 Å². The molecule has 0 heterocycles. The number of rotatable bonds is 1. The van der Waals surface area contributed by atoms with E-state index in [1.165, 1.54) is 6.92 Å². The average molecular weight is 175 g/mol. The van der Waals surface area contributed by atoms with Gasteiger partial charge in [0.2, 0.25) is 5.91 Å². The molecule has 1 amide bonds. The monoisotopic (exact) mass is 175 g/mol. The quantitative estimate of drug-likeness (QED) is 0.526.